The van der Waals surface area contributed by atoms with Gasteiger partial charge in [-0.3, -0.25) is 9.48 Å². The maximum absolute atomic E-state index is 11.1. The van der Waals surface area contributed by atoms with Crippen molar-refractivity contribution in [2.75, 3.05) is 0 Å². The Labute approximate surface area is 104 Å². The number of carbonyl (C=O) groups excluding carboxylic acids is 1. The number of hydrogen-bond donors (Lipinski definition) is 1. The van der Waals surface area contributed by atoms with Crippen molar-refractivity contribution in [3.63, 3.8) is 0 Å². The fraction of sp³-hybridized carbons (Fsp3) is 0.455. The van der Waals surface area contributed by atoms with E-state index in [4.69, 9.17) is 5.73 Å². The molecule has 1 amide bonds. The van der Waals surface area contributed by atoms with Gasteiger partial charge in [0.15, 0.2) is 0 Å². The van der Waals surface area contributed by atoms with E-state index in [1.807, 2.05) is 19.4 Å². The molecule has 0 aromatic carbocycles. The first-order valence-electron chi connectivity index (χ1n) is 5.89. The first-order valence-corrected chi connectivity index (χ1v) is 5.89. The predicted octanol–water partition coefficient (Wildman–Crippen LogP) is 0.0362. The second kappa shape index (κ2) is 3.94. The third kappa shape index (κ3) is 1.68. The van der Waals surface area contributed by atoms with Crippen LogP contribution in [0.3, 0.4) is 0 Å². The molecule has 1 atom stereocenters. The molecule has 3 rings (SSSR count). The quantitative estimate of drug-likeness (QED) is 0.809. The average Bonchev–Trinajstić information content (AvgIpc) is 2.94. The minimum absolute atomic E-state index is 0.0980. The highest BCUT2D eigenvalue weighted by Gasteiger charge is 2.26. The van der Waals surface area contributed by atoms with Crippen molar-refractivity contribution in [3.8, 4) is 0 Å². The molecular weight excluding hydrogens is 232 g/mol. The van der Waals surface area contributed by atoms with E-state index in [2.05, 4.69) is 15.2 Å². The standard InChI is InChI=1S/C11H14N6O/c1-16-6-7(5-13-16)8-3-2-4-9-14-11(10(12)18)15-17(8)9/h5-6,8H,2-4H2,1H3,(H2,12,18). The van der Waals surface area contributed by atoms with Crippen molar-refractivity contribution in [1.82, 2.24) is 24.5 Å². The summed E-state index contributed by atoms with van der Waals surface area (Å²) in [6.07, 6.45) is 6.62. The molecule has 3 heterocycles. The van der Waals surface area contributed by atoms with Gasteiger partial charge < -0.3 is 5.73 Å². The molecule has 94 valence electrons. The topological polar surface area (TPSA) is 91.6 Å². The van der Waals surface area contributed by atoms with Crippen LogP contribution in [-0.4, -0.2) is 30.5 Å². The lowest BCUT2D eigenvalue weighted by Gasteiger charge is -2.22. The van der Waals surface area contributed by atoms with Crippen LogP contribution in [0.4, 0.5) is 0 Å². The smallest absolute Gasteiger partial charge is 0.288 e. The van der Waals surface area contributed by atoms with Gasteiger partial charge in [-0.1, -0.05) is 0 Å². The van der Waals surface area contributed by atoms with Crippen LogP contribution in [0.15, 0.2) is 12.4 Å². The maximum Gasteiger partial charge on any atom is 0.288 e. The van der Waals surface area contributed by atoms with Crippen molar-refractivity contribution in [1.29, 1.82) is 0 Å². The molecule has 0 spiro atoms. The van der Waals surface area contributed by atoms with E-state index in [1.54, 1.807) is 9.36 Å². The average molecular weight is 246 g/mol. The molecule has 1 unspecified atom stereocenters. The van der Waals surface area contributed by atoms with Gasteiger partial charge in [0.2, 0.25) is 5.82 Å². The van der Waals surface area contributed by atoms with Gasteiger partial charge in [-0.2, -0.15) is 5.10 Å². The number of aromatic nitrogens is 5. The Morgan fingerprint density at radius 2 is 2.39 bits per heavy atom. The van der Waals surface area contributed by atoms with E-state index in [1.165, 1.54) is 0 Å². The normalized spacial score (nSPS) is 18.6. The van der Waals surface area contributed by atoms with Gasteiger partial charge in [-0.05, 0) is 12.8 Å². The third-order valence-corrected chi connectivity index (χ3v) is 3.21. The van der Waals surface area contributed by atoms with Gasteiger partial charge in [-0.25, -0.2) is 9.67 Å². The van der Waals surface area contributed by atoms with Crippen LogP contribution in [0.5, 0.6) is 0 Å². The van der Waals surface area contributed by atoms with E-state index in [9.17, 15) is 4.79 Å². The maximum atomic E-state index is 11.1. The van der Waals surface area contributed by atoms with Crippen LogP contribution in [0.25, 0.3) is 0 Å². The molecule has 0 aliphatic carbocycles. The summed E-state index contributed by atoms with van der Waals surface area (Å²) in [5.74, 6) is 0.339. The molecule has 7 nitrogen and oxygen atoms in total. The number of aryl methyl sites for hydroxylation is 2. The predicted molar refractivity (Wildman–Crippen MR) is 62.8 cm³/mol. The lowest BCUT2D eigenvalue weighted by Crippen LogP contribution is -2.20. The van der Waals surface area contributed by atoms with Crippen LogP contribution in [0.2, 0.25) is 0 Å². The zero-order valence-corrected chi connectivity index (χ0v) is 10.1. The molecule has 0 bridgehead atoms. The number of fused-ring (bicyclic) bond motifs is 1. The van der Waals surface area contributed by atoms with Crippen molar-refractivity contribution >= 4 is 5.91 Å². The van der Waals surface area contributed by atoms with Gasteiger partial charge in [0.05, 0.1) is 12.2 Å². The van der Waals surface area contributed by atoms with Gasteiger partial charge in [0.25, 0.3) is 5.91 Å². The van der Waals surface area contributed by atoms with E-state index < -0.39 is 5.91 Å². The van der Waals surface area contributed by atoms with Gasteiger partial charge >= 0.3 is 0 Å². The van der Waals surface area contributed by atoms with Gasteiger partial charge in [0, 0.05) is 25.2 Å². The molecule has 0 radical (unpaired) electrons. The van der Waals surface area contributed by atoms with Crippen LogP contribution in [0.1, 0.15) is 40.9 Å². The Morgan fingerprint density at radius 1 is 1.56 bits per heavy atom. The summed E-state index contributed by atoms with van der Waals surface area (Å²) in [7, 11) is 1.88. The monoisotopic (exact) mass is 246 g/mol. The van der Waals surface area contributed by atoms with Crippen LogP contribution in [-0.2, 0) is 13.5 Å². The van der Waals surface area contributed by atoms with E-state index in [-0.39, 0.29) is 11.9 Å². The summed E-state index contributed by atoms with van der Waals surface area (Å²) in [6, 6.07) is 0.100. The Morgan fingerprint density at radius 3 is 3.06 bits per heavy atom. The van der Waals surface area contributed by atoms with Crippen LogP contribution >= 0.6 is 0 Å². The molecular formula is C11H14N6O. The molecule has 2 aromatic rings. The first kappa shape index (κ1) is 10.9. The van der Waals surface area contributed by atoms with Gasteiger partial charge in [0.1, 0.15) is 5.82 Å². The molecule has 1 aliphatic heterocycles. The van der Waals surface area contributed by atoms with Crippen molar-refractivity contribution in [3.05, 3.63) is 29.6 Å². The van der Waals surface area contributed by atoms with Gasteiger partial charge in [-0.15, -0.1) is 5.10 Å². The Kier molecular flexibility index (Phi) is 2.39. The van der Waals surface area contributed by atoms with Crippen molar-refractivity contribution in [2.24, 2.45) is 12.8 Å². The number of amides is 1. The number of primary amides is 1. The number of rotatable bonds is 2. The van der Waals surface area contributed by atoms with E-state index in [0.29, 0.717) is 0 Å². The first-order chi connectivity index (χ1) is 8.65. The molecule has 18 heavy (non-hydrogen) atoms. The highest BCUT2D eigenvalue weighted by Crippen LogP contribution is 2.28. The van der Waals surface area contributed by atoms with E-state index >= 15 is 0 Å². The fourth-order valence-corrected chi connectivity index (χ4v) is 2.38. The van der Waals surface area contributed by atoms with Crippen LogP contribution < -0.4 is 5.73 Å². The minimum atomic E-state index is -0.582. The highest BCUT2D eigenvalue weighted by molar-refractivity contribution is 5.88. The number of nitrogens with two attached hydrogens (primary N) is 1. The molecule has 0 saturated heterocycles. The lowest BCUT2D eigenvalue weighted by atomic mass is 10.0. The summed E-state index contributed by atoms with van der Waals surface area (Å²) >= 11 is 0. The third-order valence-electron chi connectivity index (χ3n) is 3.21. The summed E-state index contributed by atoms with van der Waals surface area (Å²) in [5.41, 5.74) is 6.30. The van der Waals surface area contributed by atoms with Crippen molar-refractivity contribution < 1.29 is 4.79 Å². The molecule has 1 aliphatic rings. The molecule has 2 N–H and O–H groups in total. The number of nitrogens with zero attached hydrogens (tertiary/aromatic N) is 5. The van der Waals surface area contributed by atoms with Crippen molar-refractivity contribution in [2.45, 2.75) is 25.3 Å². The summed E-state index contributed by atoms with van der Waals surface area (Å²) < 4.78 is 3.57. The molecule has 2 aromatic heterocycles. The summed E-state index contributed by atoms with van der Waals surface area (Å²) in [5, 5.41) is 8.38. The van der Waals surface area contributed by atoms with Crippen LogP contribution in [0, 0.1) is 0 Å². The SMILES string of the molecule is Cn1cc(C2CCCc3nc(C(N)=O)nn32)cn1. The minimum Gasteiger partial charge on any atom is -0.363 e. The molecule has 0 saturated carbocycles. The second-order valence-corrected chi connectivity index (χ2v) is 4.52. The zero-order valence-electron chi connectivity index (χ0n) is 10.1. The summed E-state index contributed by atoms with van der Waals surface area (Å²) in [4.78, 5) is 15.3. The Hall–Kier alpha value is -2.18. The second-order valence-electron chi connectivity index (χ2n) is 4.52. The number of carbonyl (C=O) groups is 1. The van der Waals surface area contributed by atoms with E-state index in [0.717, 1.165) is 30.7 Å². The number of hydrogen-bond acceptors (Lipinski definition) is 4. The summed E-state index contributed by atoms with van der Waals surface area (Å²) in [6.45, 7) is 0. The molecule has 0 fully saturated rings. The molecule has 7 heteroatoms. The fourth-order valence-electron chi connectivity index (χ4n) is 2.38. The Bertz CT molecular complexity index is 598. The zero-order chi connectivity index (χ0) is 12.7. The highest BCUT2D eigenvalue weighted by atomic mass is 16.1. The lowest BCUT2D eigenvalue weighted by molar-refractivity contribution is 0.0990. The largest absolute Gasteiger partial charge is 0.363 e. The Balaban J connectivity index is 2.03.